The maximum absolute atomic E-state index is 11.4. The summed E-state index contributed by atoms with van der Waals surface area (Å²) in [4.78, 5) is 22.5. The first-order chi connectivity index (χ1) is 17.8. The molecule has 0 radical (unpaired) electrons. The Balaban J connectivity index is 0.000000389. The van der Waals surface area contributed by atoms with E-state index in [0.717, 1.165) is 6.26 Å². The van der Waals surface area contributed by atoms with E-state index in [0.29, 0.717) is 39.9 Å². The van der Waals surface area contributed by atoms with E-state index < -0.39 is 22.0 Å². The summed E-state index contributed by atoms with van der Waals surface area (Å²) in [6.07, 6.45) is 6.50. The number of nitrogens with two attached hydrogens (primary N) is 1. The third-order valence-electron chi connectivity index (χ3n) is 4.35. The van der Waals surface area contributed by atoms with Crippen molar-refractivity contribution in [3.63, 3.8) is 0 Å². The molecule has 10 nitrogen and oxygen atoms in total. The molecule has 13 heteroatoms. The first kappa shape index (κ1) is 32.6. The van der Waals surface area contributed by atoms with E-state index in [1.54, 1.807) is 32.1 Å². The Morgan fingerprint density at radius 2 is 1.32 bits per heavy atom. The SMILES string of the molecule is CCOC(=O)/C=C/c1cc(OC)c(Cl)cc1N.CCOC(=O)/C=C/c1cc(OC)c(Cl)cc1NS(C)(=O)=O. The molecule has 2 rings (SSSR count). The lowest BCUT2D eigenvalue weighted by molar-refractivity contribution is -0.138. The van der Waals surface area contributed by atoms with Crippen LogP contribution in [0, 0.1) is 0 Å². The predicted octanol–water partition coefficient (Wildman–Crippen LogP) is 4.80. The van der Waals surface area contributed by atoms with E-state index in [2.05, 4.69) is 4.72 Å². The number of nitrogens with one attached hydrogen (secondary N) is 1. The maximum atomic E-state index is 11.4. The number of ether oxygens (including phenoxy) is 4. The van der Waals surface area contributed by atoms with Crippen molar-refractivity contribution in [3.05, 3.63) is 57.6 Å². The Kier molecular flexibility index (Phi) is 13.5. The zero-order valence-electron chi connectivity index (χ0n) is 21.5. The molecule has 0 atom stereocenters. The van der Waals surface area contributed by atoms with Crippen LogP contribution in [0.4, 0.5) is 11.4 Å². The molecule has 38 heavy (non-hydrogen) atoms. The zero-order valence-corrected chi connectivity index (χ0v) is 23.9. The second kappa shape index (κ2) is 15.8. The molecule has 0 heterocycles. The van der Waals surface area contributed by atoms with Gasteiger partial charge in [0.1, 0.15) is 11.5 Å². The Morgan fingerprint density at radius 1 is 0.868 bits per heavy atom. The second-order valence-electron chi connectivity index (χ2n) is 7.23. The molecule has 0 aliphatic carbocycles. The van der Waals surface area contributed by atoms with Crippen LogP contribution >= 0.6 is 23.2 Å². The molecular formula is C25H30Cl2N2O8S. The number of hydrogen-bond donors (Lipinski definition) is 2. The van der Waals surface area contributed by atoms with Gasteiger partial charge in [0.25, 0.3) is 0 Å². The Labute approximate surface area is 232 Å². The van der Waals surface area contributed by atoms with E-state index in [9.17, 15) is 18.0 Å². The highest BCUT2D eigenvalue weighted by molar-refractivity contribution is 7.92. The van der Waals surface area contributed by atoms with Crippen molar-refractivity contribution >= 4 is 68.7 Å². The predicted molar refractivity (Wildman–Crippen MR) is 150 cm³/mol. The largest absolute Gasteiger partial charge is 0.495 e. The molecule has 0 amide bonds. The van der Waals surface area contributed by atoms with Gasteiger partial charge in [-0.3, -0.25) is 4.72 Å². The monoisotopic (exact) mass is 588 g/mol. The summed E-state index contributed by atoms with van der Waals surface area (Å²) in [5.74, 6) is -0.0823. The number of nitrogen functional groups attached to an aromatic ring is 1. The number of halogens is 2. The number of carbonyl (C=O) groups is 2. The van der Waals surface area contributed by atoms with Crippen molar-refractivity contribution in [1.82, 2.24) is 0 Å². The molecule has 0 spiro atoms. The van der Waals surface area contributed by atoms with Crippen LogP contribution in [0.1, 0.15) is 25.0 Å². The number of hydrogen-bond acceptors (Lipinski definition) is 9. The minimum absolute atomic E-state index is 0.240. The van der Waals surface area contributed by atoms with Crippen LogP contribution in [-0.2, 0) is 29.1 Å². The fraction of sp³-hybridized carbons (Fsp3) is 0.280. The van der Waals surface area contributed by atoms with Gasteiger partial charge < -0.3 is 24.7 Å². The molecule has 0 bridgehead atoms. The van der Waals surface area contributed by atoms with Gasteiger partial charge in [-0.15, -0.1) is 0 Å². The molecule has 0 saturated carbocycles. The average molecular weight is 589 g/mol. The molecule has 208 valence electrons. The van der Waals surface area contributed by atoms with Gasteiger partial charge in [0.15, 0.2) is 0 Å². The van der Waals surface area contributed by atoms with Crippen molar-refractivity contribution < 1.29 is 37.0 Å². The van der Waals surface area contributed by atoms with Gasteiger partial charge in [0.2, 0.25) is 10.0 Å². The summed E-state index contributed by atoms with van der Waals surface area (Å²) >= 11 is 11.9. The molecule has 2 aromatic rings. The molecule has 0 aliphatic rings. The summed E-state index contributed by atoms with van der Waals surface area (Å²) in [5, 5.41) is 0.676. The first-order valence-corrected chi connectivity index (χ1v) is 13.7. The molecule has 2 aromatic carbocycles. The van der Waals surface area contributed by atoms with Crippen molar-refractivity contribution in [2.45, 2.75) is 13.8 Å². The fourth-order valence-electron chi connectivity index (χ4n) is 2.73. The standard InChI is InChI=1S/C13H16ClNO5S.C12H14ClNO3/c1-4-20-13(16)6-5-9-7-12(19-2)10(14)8-11(9)15-21(3,17)18;1-3-17-12(15)5-4-8-6-11(16-2)9(13)7-10(8)14/h5-8,15H,4H2,1-3H3;4-7H,3,14H2,1-2H3/b6-5+;5-4+. The number of rotatable bonds is 10. The van der Waals surface area contributed by atoms with Gasteiger partial charge in [0.05, 0.1) is 49.4 Å². The van der Waals surface area contributed by atoms with Gasteiger partial charge in [-0.25, -0.2) is 18.0 Å². The Hall–Kier alpha value is -3.41. The van der Waals surface area contributed by atoms with Gasteiger partial charge in [-0.2, -0.15) is 0 Å². The normalized spacial score (nSPS) is 11.0. The lowest BCUT2D eigenvalue weighted by Crippen LogP contribution is -2.10. The van der Waals surface area contributed by atoms with Crippen LogP contribution in [0.2, 0.25) is 10.0 Å². The number of esters is 2. The van der Waals surface area contributed by atoms with Gasteiger partial charge in [-0.05, 0) is 50.3 Å². The number of sulfonamides is 1. The zero-order chi connectivity index (χ0) is 28.9. The molecule has 0 fully saturated rings. The quantitative estimate of drug-likeness (QED) is 0.227. The van der Waals surface area contributed by atoms with Gasteiger partial charge >= 0.3 is 11.9 Å². The topological polar surface area (TPSA) is 143 Å². The van der Waals surface area contributed by atoms with Crippen molar-refractivity contribution in [3.8, 4) is 11.5 Å². The van der Waals surface area contributed by atoms with E-state index in [-0.39, 0.29) is 17.3 Å². The first-order valence-electron chi connectivity index (χ1n) is 11.0. The smallest absolute Gasteiger partial charge is 0.330 e. The highest BCUT2D eigenvalue weighted by Gasteiger charge is 2.11. The lowest BCUT2D eigenvalue weighted by Gasteiger charge is -2.11. The number of benzene rings is 2. The van der Waals surface area contributed by atoms with E-state index in [4.69, 9.17) is 47.9 Å². The molecule has 0 aliphatic heterocycles. The highest BCUT2D eigenvalue weighted by Crippen LogP contribution is 2.32. The summed E-state index contributed by atoms with van der Waals surface area (Å²) in [5.41, 5.74) is 7.55. The van der Waals surface area contributed by atoms with E-state index in [1.165, 1.54) is 44.6 Å². The van der Waals surface area contributed by atoms with Crippen LogP contribution in [0.25, 0.3) is 12.2 Å². The minimum Gasteiger partial charge on any atom is -0.495 e. The Morgan fingerprint density at radius 3 is 1.76 bits per heavy atom. The second-order valence-corrected chi connectivity index (χ2v) is 9.80. The summed E-state index contributed by atoms with van der Waals surface area (Å²) in [6, 6.07) is 6.16. The molecule has 3 N–H and O–H groups in total. The van der Waals surface area contributed by atoms with E-state index >= 15 is 0 Å². The van der Waals surface area contributed by atoms with Crippen LogP contribution in [0.15, 0.2) is 36.4 Å². The van der Waals surface area contributed by atoms with Crippen LogP contribution in [-0.4, -0.2) is 54.0 Å². The highest BCUT2D eigenvalue weighted by atomic mass is 35.5. The van der Waals surface area contributed by atoms with Crippen LogP contribution in [0.5, 0.6) is 11.5 Å². The number of methoxy groups -OCH3 is 2. The van der Waals surface area contributed by atoms with Gasteiger partial charge in [-0.1, -0.05) is 23.2 Å². The summed E-state index contributed by atoms with van der Waals surface area (Å²) in [6.45, 7) is 4.02. The van der Waals surface area contributed by atoms with E-state index in [1.807, 2.05) is 0 Å². The fourth-order valence-corrected chi connectivity index (χ4v) is 3.80. The van der Waals surface area contributed by atoms with Gasteiger partial charge in [0, 0.05) is 29.0 Å². The molecule has 0 aromatic heterocycles. The van der Waals surface area contributed by atoms with Crippen molar-refractivity contribution in [1.29, 1.82) is 0 Å². The third-order valence-corrected chi connectivity index (χ3v) is 5.53. The third kappa shape index (κ3) is 11.3. The number of carbonyl (C=O) groups excluding carboxylic acids is 2. The molecule has 0 saturated heterocycles. The van der Waals surface area contributed by atoms with Crippen LogP contribution in [0.3, 0.4) is 0 Å². The summed E-state index contributed by atoms with van der Waals surface area (Å²) < 4.78 is 44.7. The Bertz CT molecular complexity index is 1290. The molecule has 0 unspecified atom stereocenters. The summed E-state index contributed by atoms with van der Waals surface area (Å²) in [7, 11) is -0.540. The van der Waals surface area contributed by atoms with Crippen molar-refractivity contribution in [2.75, 3.05) is 44.1 Å². The lowest BCUT2D eigenvalue weighted by atomic mass is 10.1. The van der Waals surface area contributed by atoms with Crippen molar-refractivity contribution in [2.24, 2.45) is 0 Å². The molecular weight excluding hydrogens is 559 g/mol. The van der Waals surface area contributed by atoms with Crippen LogP contribution < -0.4 is 19.9 Å². The average Bonchev–Trinajstić information content (AvgIpc) is 2.83. The minimum atomic E-state index is -3.48. The maximum Gasteiger partial charge on any atom is 0.330 e. The number of anilines is 2.